The molecule has 0 spiro atoms. The number of rotatable bonds is 6. The molecule has 2 aromatic heterocycles. The van der Waals surface area contributed by atoms with Crippen molar-refractivity contribution in [1.82, 2.24) is 9.97 Å². The van der Waals surface area contributed by atoms with Gasteiger partial charge in [-0.25, -0.2) is 9.97 Å². The van der Waals surface area contributed by atoms with Gasteiger partial charge < -0.3 is 8.83 Å². The molecule has 0 bridgehead atoms. The molecule has 182 valence electrons. The highest BCUT2D eigenvalue weighted by atomic mass is 16.4. The van der Waals surface area contributed by atoms with Gasteiger partial charge in [-0.3, -0.25) is 0 Å². The molecule has 0 aliphatic rings. The number of aryl methyl sites for hydroxylation is 1. The van der Waals surface area contributed by atoms with Crippen molar-refractivity contribution in [3.05, 3.63) is 107 Å². The van der Waals surface area contributed by atoms with Gasteiger partial charge in [0.05, 0.1) is 0 Å². The van der Waals surface area contributed by atoms with E-state index in [1.807, 2.05) is 36.4 Å². The highest BCUT2D eigenvalue weighted by Crippen LogP contribution is 2.28. The van der Waals surface area contributed by atoms with Gasteiger partial charge in [-0.05, 0) is 83.1 Å². The predicted octanol–water partition coefficient (Wildman–Crippen LogP) is 9.16. The molecule has 6 rings (SSSR count). The first-order chi connectivity index (χ1) is 18.1. The van der Waals surface area contributed by atoms with Crippen LogP contribution in [0.3, 0.4) is 0 Å². The lowest BCUT2D eigenvalue weighted by molar-refractivity contribution is 0.618. The summed E-state index contributed by atoms with van der Waals surface area (Å²) >= 11 is 0. The molecule has 6 aromatic rings. The van der Waals surface area contributed by atoms with E-state index in [-0.39, 0.29) is 0 Å². The van der Waals surface area contributed by atoms with Crippen LogP contribution in [0.5, 0.6) is 0 Å². The summed E-state index contributed by atoms with van der Waals surface area (Å²) in [4.78, 5) is 9.31. The lowest BCUT2D eigenvalue weighted by atomic mass is 10.0. The number of oxazole rings is 2. The van der Waals surface area contributed by atoms with E-state index in [0.29, 0.717) is 17.7 Å². The zero-order valence-corrected chi connectivity index (χ0v) is 21.2. The zero-order chi connectivity index (χ0) is 25.4. The molecule has 4 heteroatoms. The monoisotopic (exact) mass is 484 g/mol. The Kier molecular flexibility index (Phi) is 5.93. The number of aromatic nitrogens is 2. The van der Waals surface area contributed by atoms with Gasteiger partial charge in [-0.2, -0.15) is 0 Å². The standard InChI is InChI=1S/C33H28N2O2/c1-4-22-11-17-28-30(19-22)36-32(34-28)25-12-7-23(8-13-25)5-6-24-9-14-26(15-10-24)33-35-29-18-16-27(21(2)3)20-31(29)37-33/h5-21H,4H2,1-3H3/b6-5+. The molecule has 0 unspecified atom stereocenters. The van der Waals surface area contributed by atoms with Crippen molar-refractivity contribution in [2.75, 3.05) is 0 Å². The van der Waals surface area contributed by atoms with Gasteiger partial charge in [-0.15, -0.1) is 0 Å². The molecule has 0 saturated heterocycles. The van der Waals surface area contributed by atoms with Crippen molar-refractivity contribution in [2.24, 2.45) is 0 Å². The molecule has 0 N–H and O–H groups in total. The molecule has 0 atom stereocenters. The Balaban J connectivity index is 1.17. The number of benzene rings is 4. The molecule has 0 amide bonds. The van der Waals surface area contributed by atoms with Crippen LogP contribution in [0.2, 0.25) is 0 Å². The molecule has 0 radical (unpaired) electrons. The van der Waals surface area contributed by atoms with Gasteiger partial charge in [0.15, 0.2) is 11.2 Å². The van der Waals surface area contributed by atoms with Crippen LogP contribution >= 0.6 is 0 Å². The third kappa shape index (κ3) is 4.70. The number of hydrogen-bond acceptors (Lipinski definition) is 4. The van der Waals surface area contributed by atoms with Crippen LogP contribution in [0.4, 0.5) is 0 Å². The fourth-order valence-electron chi connectivity index (χ4n) is 4.40. The van der Waals surface area contributed by atoms with Gasteiger partial charge in [-0.1, -0.05) is 69.3 Å². The largest absolute Gasteiger partial charge is 0.436 e. The SMILES string of the molecule is CCc1ccc2nc(-c3ccc(/C=C/c4ccc(-c5nc6ccc(C(C)C)cc6o5)cc4)cc3)oc2c1. The highest BCUT2D eigenvalue weighted by Gasteiger charge is 2.11. The summed E-state index contributed by atoms with van der Waals surface area (Å²) in [5.74, 6) is 1.75. The molecule has 2 heterocycles. The first kappa shape index (κ1) is 23.0. The van der Waals surface area contributed by atoms with Gasteiger partial charge in [0, 0.05) is 11.1 Å². The van der Waals surface area contributed by atoms with Gasteiger partial charge >= 0.3 is 0 Å². The second kappa shape index (κ2) is 9.55. The van der Waals surface area contributed by atoms with Gasteiger partial charge in [0.2, 0.25) is 11.8 Å². The summed E-state index contributed by atoms with van der Waals surface area (Å²) in [7, 11) is 0. The maximum Gasteiger partial charge on any atom is 0.227 e. The molecular formula is C33H28N2O2. The zero-order valence-electron chi connectivity index (χ0n) is 21.2. The molecule has 0 fully saturated rings. The number of hydrogen-bond donors (Lipinski definition) is 0. The summed E-state index contributed by atoms with van der Waals surface area (Å²) in [6.45, 7) is 6.50. The van der Waals surface area contributed by atoms with Crippen molar-refractivity contribution in [3.8, 4) is 22.9 Å². The fourth-order valence-corrected chi connectivity index (χ4v) is 4.40. The fraction of sp³-hybridized carbons (Fsp3) is 0.152. The van der Waals surface area contributed by atoms with Gasteiger partial charge in [0.25, 0.3) is 0 Å². The molecule has 0 aliphatic carbocycles. The lowest BCUT2D eigenvalue weighted by Crippen LogP contribution is -1.85. The van der Waals surface area contributed by atoms with E-state index in [1.165, 1.54) is 11.1 Å². The average molecular weight is 485 g/mol. The van der Waals surface area contributed by atoms with E-state index < -0.39 is 0 Å². The van der Waals surface area contributed by atoms with Crippen LogP contribution in [0.25, 0.3) is 57.3 Å². The smallest absolute Gasteiger partial charge is 0.227 e. The second-order valence-electron chi connectivity index (χ2n) is 9.65. The van der Waals surface area contributed by atoms with Crippen LogP contribution in [0.1, 0.15) is 48.9 Å². The molecule has 4 aromatic carbocycles. The Morgan fingerprint density at radius 1 is 0.649 bits per heavy atom. The molecule has 4 nitrogen and oxygen atoms in total. The van der Waals surface area contributed by atoms with Crippen LogP contribution in [0, 0.1) is 0 Å². The third-order valence-corrected chi connectivity index (χ3v) is 6.72. The molecule has 0 aliphatic heterocycles. The Morgan fingerprint density at radius 3 is 1.68 bits per heavy atom. The maximum atomic E-state index is 6.05. The Labute approximate surface area is 216 Å². The molecule has 37 heavy (non-hydrogen) atoms. The van der Waals surface area contributed by atoms with Crippen molar-refractivity contribution < 1.29 is 8.83 Å². The second-order valence-corrected chi connectivity index (χ2v) is 9.65. The van der Waals surface area contributed by atoms with E-state index >= 15 is 0 Å². The average Bonchev–Trinajstić information content (AvgIpc) is 3.56. The van der Waals surface area contributed by atoms with Crippen molar-refractivity contribution in [1.29, 1.82) is 0 Å². The summed E-state index contributed by atoms with van der Waals surface area (Å²) in [6, 6.07) is 29.0. The minimum Gasteiger partial charge on any atom is -0.436 e. The normalized spacial score (nSPS) is 11.9. The summed E-state index contributed by atoms with van der Waals surface area (Å²) in [5, 5.41) is 0. The maximum absolute atomic E-state index is 6.05. The van der Waals surface area contributed by atoms with E-state index in [4.69, 9.17) is 8.83 Å². The van der Waals surface area contributed by atoms with Crippen molar-refractivity contribution >= 4 is 34.4 Å². The minimum atomic E-state index is 0.455. The topological polar surface area (TPSA) is 52.1 Å². The van der Waals surface area contributed by atoms with Crippen LogP contribution in [0.15, 0.2) is 93.8 Å². The Bertz CT molecular complexity index is 1720. The highest BCUT2D eigenvalue weighted by molar-refractivity contribution is 5.79. The summed E-state index contributed by atoms with van der Waals surface area (Å²) in [5.41, 5.74) is 10.1. The van der Waals surface area contributed by atoms with Crippen molar-refractivity contribution in [3.63, 3.8) is 0 Å². The lowest BCUT2D eigenvalue weighted by Gasteiger charge is -2.02. The van der Waals surface area contributed by atoms with E-state index in [0.717, 1.165) is 50.9 Å². The van der Waals surface area contributed by atoms with Crippen LogP contribution in [-0.2, 0) is 6.42 Å². The Hall–Kier alpha value is -4.44. The van der Waals surface area contributed by atoms with E-state index in [2.05, 4.69) is 91.4 Å². The molecule has 0 saturated carbocycles. The van der Waals surface area contributed by atoms with E-state index in [1.54, 1.807) is 0 Å². The van der Waals surface area contributed by atoms with Crippen LogP contribution in [-0.4, -0.2) is 9.97 Å². The first-order valence-corrected chi connectivity index (χ1v) is 12.7. The molecular weight excluding hydrogens is 456 g/mol. The quantitative estimate of drug-likeness (QED) is 0.221. The Morgan fingerprint density at radius 2 is 1.16 bits per heavy atom. The minimum absolute atomic E-state index is 0.455. The van der Waals surface area contributed by atoms with E-state index in [9.17, 15) is 0 Å². The van der Waals surface area contributed by atoms with Gasteiger partial charge in [0.1, 0.15) is 11.0 Å². The van der Waals surface area contributed by atoms with Crippen LogP contribution < -0.4 is 0 Å². The summed E-state index contributed by atoms with van der Waals surface area (Å²) < 4.78 is 12.1. The first-order valence-electron chi connectivity index (χ1n) is 12.7. The number of fused-ring (bicyclic) bond motifs is 2. The number of nitrogens with zero attached hydrogens (tertiary/aromatic N) is 2. The third-order valence-electron chi connectivity index (χ3n) is 6.72. The van der Waals surface area contributed by atoms with Crippen molar-refractivity contribution in [2.45, 2.75) is 33.1 Å². The predicted molar refractivity (Wildman–Crippen MR) is 151 cm³/mol. The summed E-state index contributed by atoms with van der Waals surface area (Å²) in [6.07, 6.45) is 5.18.